The fraction of sp³-hybridized carbons (Fsp3) is 0.800. The molecule has 2 heteroatoms. The van der Waals surface area contributed by atoms with E-state index in [-0.39, 0.29) is 11.2 Å². The van der Waals surface area contributed by atoms with E-state index in [0.717, 1.165) is 19.3 Å². The van der Waals surface area contributed by atoms with E-state index in [4.69, 9.17) is 0 Å². The zero-order valence-electron chi connectivity index (χ0n) is 11.4. The van der Waals surface area contributed by atoms with Crippen LogP contribution in [0.25, 0.3) is 0 Å². The van der Waals surface area contributed by atoms with E-state index in [1.54, 1.807) is 0 Å². The smallest absolute Gasteiger partial charge is 0.155 e. The second-order valence-electron chi connectivity index (χ2n) is 6.75. The van der Waals surface area contributed by atoms with Crippen molar-refractivity contribution in [2.24, 2.45) is 17.3 Å². The molecule has 0 spiro atoms. The largest absolute Gasteiger partial charge is 0.390 e. The maximum Gasteiger partial charge on any atom is 0.155 e. The van der Waals surface area contributed by atoms with Gasteiger partial charge in [-0.05, 0) is 56.4 Å². The van der Waals surface area contributed by atoms with Gasteiger partial charge in [0.2, 0.25) is 0 Å². The number of rotatable bonds is 1. The van der Waals surface area contributed by atoms with Crippen LogP contribution in [0, 0.1) is 17.3 Å². The van der Waals surface area contributed by atoms with E-state index in [1.807, 2.05) is 19.9 Å². The molecule has 0 saturated heterocycles. The van der Waals surface area contributed by atoms with Crippen molar-refractivity contribution in [3.63, 3.8) is 0 Å². The van der Waals surface area contributed by atoms with Gasteiger partial charge in [-0.2, -0.15) is 0 Å². The molecule has 1 saturated carbocycles. The summed E-state index contributed by atoms with van der Waals surface area (Å²) in [6.07, 6.45) is 5.53. The molecule has 0 amide bonds. The number of ketones is 1. The molecular weight excluding hydrogens is 212 g/mol. The van der Waals surface area contributed by atoms with E-state index < -0.39 is 5.60 Å². The Balaban J connectivity index is 2.28. The number of carbonyl (C=O) groups excluding carboxylic acids is 1. The SMILES string of the molecule is CC1CC(=O)C=C2CCC(C(C)(C)O)CC21C. The highest BCUT2D eigenvalue weighted by Crippen LogP contribution is 2.53. The third-order valence-corrected chi connectivity index (χ3v) is 5.10. The number of carbonyl (C=O) groups is 1. The monoisotopic (exact) mass is 236 g/mol. The van der Waals surface area contributed by atoms with Crippen LogP contribution in [0.5, 0.6) is 0 Å². The first-order valence-corrected chi connectivity index (χ1v) is 6.70. The fourth-order valence-corrected chi connectivity index (χ4v) is 3.50. The lowest BCUT2D eigenvalue weighted by Crippen LogP contribution is -2.44. The van der Waals surface area contributed by atoms with Crippen molar-refractivity contribution in [1.29, 1.82) is 0 Å². The van der Waals surface area contributed by atoms with Crippen LogP contribution >= 0.6 is 0 Å². The van der Waals surface area contributed by atoms with Crippen LogP contribution < -0.4 is 0 Å². The van der Waals surface area contributed by atoms with E-state index in [9.17, 15) is 9.90 Å². The number of allylic oxidation sites excluding steroid dienone is 2. The minimum Gasteiger partial charge on any atom is -0.390 e. The van der Waals surface area contributed by atoms with Crippen molar-refractivity contribution in [2.45, 2.75) is 59.0 Å². The molecule has 3 atom stereocenters. The van der Waals surface area contributed by atoms with E-state index in [0.29, 0.717) is 18.3 Å². The van der Waals surface area contributed by atoms with E-state index in [2.05, 4.69) is 13.8 Å². The highest BCUT2D eigenvalue weighted by molar-refractivity contribution is 5.92. The Labute approximate surface area is 104 Å². The Bertz CT molecular complexity index is 362. The lowest BCUT2D eigenvalue weighted by atomic mass is 9.56. The second kappa shape index (κ2) is 3.94. The Hall–Kier alpha value is -0.630. The van der Waals surface area contributed by atoms with Gasteiger partial charge >= 0.3 is 0 Å². The highest BCUT2D eigenvalue weighted by atomic mass is 16.3. The summed E-state index contributed by atoms with van der Waals surface area (Å²) in [5.41, 5.74) is 0.841. The van der Waals surface area contributed by atoms with Gasteiger partial charge in [-0.1, -0.05) is 19.4 Å². The molecule has 2 aliphatic carbocycles. The molecule has 1 N–H and O–H groups in total. The lowest BCUT2D eigenvalue weighted by Gasteiger charge is -2.49. The van der Waals surface area contributed by atoms with Gasteiger partial charge in [0.1, 0.15) is 0 Å². The third-order valence-electron chi connectivity index (χ3n) is 5.10. The molecule has 0 aromatic rings. The van der Waals surface area contributed by atoms with E-state index >= 15 is 0 Å². The molecular formula is C15H24O2. The summed E-state index contributed by atoms with van der Waals surface area (Å²) < 4.78 is 0. The maximum atomic E-state index is 11.6. The zero-order chi connectivity index (χ0) is 12.8. The van der Waals surface area contributed by atoms with Crippen molar-refractivity contribution in [1.82, 2.24) is 0 Å². The van der Waals surface area contributed by atoms with Crippen LogP contribution in [0.4, 0.5) is 0 Å². The third kappa shape index (κ3) is 2.20. The first-order chi connectivity index (χ1) is 7.73. The van der Waals surface area contributed by atoms with Gasteiger partial charge in [0.05, 0.1) is 5.60 Å². The van der Waals surface area contributed by atoms with Gasteiger partial charge in [-0.3, -0.25) is 4.79 Å². The molecule has 96 valence electrons. The topological polar surface area (TPSA) is 37.3 Å². The number of aliphatic hydroxyl groups is 1. The molecule has 0 aromatic carbocycles. The predicted molar refractivity (Wildman–Crippen MR) is 68.6 cm³/mol. The number of hydrogen-bond acceptors (Lipinski definition) is 2. The number of hydrogen-bond donors (Lipinski definition) is 1. The molecule has 2 nitrogen and oxygen atoms in total. The average Bonchev–Trinajstić information content (AvgIpc) is 2.18. The molecule has 2 rings (SSSR count). The van der Waals surface area contributed by atoms with Gasteiger partial charge in [-0.25, -0.2) is 0 Å². The highest BCUT2D eigenvalue weighted by Gasteiger charge is 2.46. The standard InChI is InChI=1S/C15H24O2/c1-10-7-13(16)8-11-5-6-12(14(2,3)17)9-15(10,11)4/h8,10,12,17H,5-7,9H2,1-4H3. The Kier molecular flexibility index (Phi) is 2.97. The summed E-state index contributed by atoms with van der Waals surface area (Å²) in [5, 5.41) is 10.2. The maximum absolute atomic E-state index is 11.6. The summed E-state index contributed by atoms with van der Waals surface area (Å²) in [7, 11) is 0. The van der Waals surface area contributed by atoms with Crippen LogP contribution in [-0.2, 0) is 4.79 Å². The van der Waals surface area contributed by atoms with Crippen LogP contribution in [0.15, 0.2) is 11.6 Å². The second-order valence-corrected chi connectivity index (χ2v) is 6.75. The molecule has 0 radical (unpaired) electrons. The average molecular weight is 236 g/mol. The zero-order valence-corrected chi connectivity index (χ0v) is 11.4. The Morgan fingerprint density at radius 2 is 2.12 bits per heavy atom. The summed E-state index contributed by atoms with van der Waals surface area (Å²) in [6.45, 7) is 8.27. The first kappa shape index (κ1) is 12.8. The van der Waals surface area contributed by atoms with Gasteiger partial charge in [0, 0.05) is 6.42 Å². The molecule has 0 heterocycles. The van der Waals surface area contributed by atoms with Crippen LogP contribution in [0.1, 0.15) is 53.4 Å². The molecule has 1 fully saturated rings. The van der Waals surface area contributed by atoms with Gasteiger partial charge in [0.15, 0.2) is 5.78 Å². The molecule has 2 aliphatic rings. The van der Waals surface area contributed by atoms with Gasteiger partial charge < -0.3 is 5.11 Å². The minimum absolute atomic E-state index is 0.122. The quantitative estimate of drug-likeness (QED) is 0.759. The van der Waals surface area contributed by atoms with E-state index in [1.165, 1.54) is 5.57 Å². The van der Waals surface area contributed by atoms with Gasteiger partial charge in [-0.15, -0.1) is 0 Å². The van der Waals surface area contributed by atoms with Crippen molar-refractivity contribution in [3.05, 3.63) is 11.6 Å². The predicted octanol–water partition coefficient (Wildman–Crippen LogP) is 3.10. The summed E-state index contributed by atoms with van der Waals surface area (Å²) in [6, 6.07) is 0. The fourth-order valence-electron chi connectivity index (χ4n) is 3.50. The molecule has 3 unspecified atom stereocenters. The van der Waals surface area contributed by atoms with Crippen molar-refractivity contribution in [2.75, 3.05) is 0 Å². The molecule has 0 bridgehead atoms. The van der Waals surface area contributed by atoms with Gasteiger partial charge in [0.25, 0.3) is 0 Å². The molecule has 17 heavy (non-hydrogen) atoms. The van der Waals surface area contributed by atoms with Crippen molar-refractivity contribution < 1.29 is 9.90 Å². The summed E-state index contributed by atoms with van der Waals surface area (Å²) >= 11 is 0. The minimum atomic E-state index is -0.601. The molecule has 0 aliphatic heterocycles. The van der Waals surface area contributed by atoms with Crippen LogP contribution in [0.3, 0.4) is 0 Å². The van der Waals surface area contributed by atoms with Crippen molar-refractivity contribution >= 4 is 5.78 Å². The lowest BCUT2D eigenvalue weighted by molar-refractivity contribution is -0.117. The summed E-state index contributed by atoms with van der Waals surface area (Å²) in [4.78, 5) is 11.6. The Morgan fingerprint density at radius 3 is 2.71 bits per heavy atom. The van der Waals surface area contributed by atoms with Crippen LogP contribution in [-0.4, -0.2) is 16.5 Å². The first-order valence-electron chi connectivity index (χ1n) is 6.70. The normalized spacial score (nSPS) is 38.6. The Morgan fingerprint density at radius 1 is 1.47 bits per heavy atom. The van der Waals surface area contributed by atoms with Crippen LogP contribution in [0.2, 0.25) is 0 Å². The molecule has 0 aromatic heterocycles. The van der Waals surface area contributed by atoms with Crippen molar-refractivity contribution in [3.8, 4) is 0 Å². The summed E-state index contributed by atoms with van der Waals surface area (Å²) in [5.74, 6) is 1.03. The number of fused-ring (bicyclic) bond motifs is 1.